The molecule has 2 N–H and O–H groups in total. The maximum absolute atomic E-state index is 14.0. The molecule has 0 aliphatic rings. The molecule has 21 heavy (non-hydrogen) atoms. The van der Waals surface area contributed by atoms with Crippen LogP contribution in [0.2, 0.25) is 5.02 Å². The zero-order valence-electron chi connectivity index (χ0n) is 11.8. The normalized spacial score (nSPS) is 11.7. The summed E-state index contributed by atoms with van der Waals surface area (Å²) in [5, 5.41) is 20.2. The summed E-state index contributed by atoms with van der Waals surface area (Å²) in [5.41, 5.74) is 1.21. The van der Waals surface area contributed by atoms with E-state index in [1.807, 2.05) is 31.2 Å². The molecule has 0 aliphatic heterocycles. The van der Waals surface area contributed by atoms with Crippen LogP contribution in [-0.2, 0) is 11.8 Å². The maximum Gasteiger partial charge on any atom is 0.126 e. The second-order valence-corrected chi connectivity index (χ2v) is 5.76. The Bertz CT molecular complexity index is 624. The van der Waals surface area contributed by atoms with Gasteiger partial charge < -0.3 is 10.2 Å². The van der Waals surface area contributed by atoms with Gasteiger partial charge in [0.2, 0.25) is 0 Å². The molecular formula is C17H18ClFO2. The number of halogens is 2. The molecule has 0 radical (unpaired) electrons. The first-order valence-electron chi connectivity index (χ1n) is 6.74. The molecular weight excluding hydrogens is 291 g/mol. The van der Waals surface area contributed by atoms with Gasteiger partial charge in [-0.05, 0) is 48.2 Å². The quantitative estimate of drug-likeness (QED) is 0.890. The summed E-state index contributed by atoms with van der Waals surface area (Å²) in [6.07, 6.45) is 0.178. The number of aryl methyl sites for hydroxylation is 1. The van der Waals surface area contributed by atoms with Crippen molar-refractivity contribution in [2.75, 3.05) is 13.2 Å². The SMILES string of the molecule is Cc1ccccc1C(CO)(CO)Cc1cc(Cl)ccc1F. The van der Waals surface area contributed by atoms with Gasteiger partial charge in [0, 0.05) is 10.4 Å². The van der Waals surface area contributed by atoms with Gasteiger partial charge in [0.1, 0.15) is 5.82 Å². The third-order valence-corrected chi connectivity index (χ3v) is 4.09. The topological polar surface area (TPSA) is 40.5 Å². The molecule has 112 valence electrons. The fourth-order valence-corrected chi connectivity index (χ4v) is 2.83. The Hall–Kier alpha value is -1.42. The van der Waals surface area contributed by atoms with Crippen LogP contribution in [-0.4, -0.2) is 23.4 Å². The van der Waals surface area contributed by atoms with E-state index in [1.165, 1.54) is 18.2 Å². The Kier molecular flexibility index (Phi) is 4.99. The first kappa shape index (κ1) is 16.0. The van der Waals surface area contributed by atoms with E-state index in [0.717, 1.165) is 11.1 Å². The second-order valence-electron chi connectivity index (χ2n) is 5.32. The van der Waals surface area contributed by atoms with Gasteiger partial charge >= 0.3 is 0 Å². The number of hydrogen-bond donors (Lipinski definition) is 2. The average molecular weight is 309 g/mol. The van der Waals surface area contributed by atoms with Crippen molar-refractivity contribution in [2.24, 2.45) is 0 Å². The van der Waals surface area contributed by atoms with Crippen molar-refractivity contribution in [3.8, 4) is 0 Å². The van der Waals surface area contributed by atoms with E-state index >= 15 is 0 Å². The van der Waals surface area contributed by atoms with Crippen molar-refractivity contribution in [2.45, 2.75) is 18.8 Å². The van der Waals surface area contributed by atoms with Gasteiger partial charge in [-0.2, -0.15) is 0 Å². The van der Waals surface area contributed by atoms with Crippen molar-refractivity contribution in [1.82, 2.24) is 0 Å². The fourth-order valence-electron chi connectivity index (χ4n) is 2.64. The Labute approximate surface area is 128 Å². The van der Waals surface area contributed by atoms with Crippen LogP contribution >= 0.6 is 11.6 Å². The smallest absolute Gasteiger partial charge is 0.126 e. The maximum atomic E-state index is 14.0. The monoisotopic (exact) mass is 308 g/mol. The molecule has 2 aromatic carbocycles. The van der Waals surface area contributed by atoms with Gasteiger partial charge in [0.25, 0.3) is 0 Å². The molecule has 0 unspecified atom stereocenters. The second kappa shape index (κ2) is 6.56. The Morgan fingerprint density at radius 3 is 2.38 bits per heavy atom. The first-order valence-corrected chi connectivity index (χ1v) is 7.12. The Morgan fingerprint density at radius 1 is 1.10 bits per heavy atom. The Morgan fingerprint density at radius 2 is 1.76 bits per heavy atom. The summed E-state index contributed by atoms with van der Waals surface area (Å²) >= 11 is 5.92. The van der Waals surface area contributed by atoms with Crippen molar-refractivity contribution in [3.63, 3.8) is 0 Å². The van der Waals surface area contributed by atoms with Crippen LogP contribution in [0.1, 0.15) is 16.7 Å². The molecule has 2 nitrogen and oxygen atoms in total. The molecule has 0 bridgehead atoms. The third kappa shape index (κ3) is 3.26. The van der Waals surface area contributed by atoms with E-state index in [9.17, 15) is 14.6 Å². The highest BCUT2D eigenvalue weighted by Gasteiger charge is 2.33. The highest BCUT2D eigenvalue weighted by atomic mass is 35.5. The number of hydrogen-bond acceptors (Lipinski definition) is 2. The minimum absolute atomic E-state index is 0.178. The van der Waals surface area contributed by atoms with Gasteiger partial charge in [-0.15, -0.1) is 0 Å². The average Bonchev–Trinajstić information content (AvgIpc) is 2.49. The standard InChI is InChI=1S/C17H18ClFO2/c1-12-4-2-3-5-15(12)17(10-20,11-21)9-13-8-14(18)6-7-16(13)19/h2-8,20-21H,9-11H2,1H3. The summed E-state index contributed by atoms with van der Waals surface area (Å²) in [4.78, 5) is 0. The summed E-state index contributed by atoms with van der Waals surface area (Å²) in [5.74, 6) is -0.390. The predicted molar refractivity (Wildman–Crippen MR) is 82.1 cm³/mol. The number of aliphatic hydroxyl groups excluding tert-OH is 2. The summed E-state index contributed by atoms with van der Waals surface area (Å²) in [7, 11) is 0. The molecule has 4 heteroatoms. The molecule has 2 rings (SSSR count). The van der Waals surface area contributed by atoms with Gasteiger partial charge in [-0.25, -0.2) is 4.39 Å². The van der Waals surface area contributed by atoms with Gasteiger partial charge in [0.05, 0.1) is 13.2 Å². The minimum atomic E-state index is -0.934. The van der Waals surface area contributed by atoms with Crippen LogP contribution in [0.5, 0.6) is 0 Å². The van der Waals surface area contributed by atoms with E-state index in [0.29, 0.717) is 10.6 Å². The molecule has 0 fully saturated rings. The van der Waals surface area contributed by atoms with Crippen LogP contribution in [0, 0.1) is 12.7 Å². The third-order valence-electron chi connectivity index (χ3n) is 3.86. The van der Waals surface area contributed by atoms with E-state index in [-0.39, 0.29) is 25.5 Å². The van der Waals surface area contributed by atoms with E-state index in [1.54, 1.807) is 0 Å². The number of benzene rings is 2. The summed E-state index contributed by atoms with van der Waals surface area (Å²) in [6, 6.07) is 11.8. The number of aliphatic hydroxyl groups is 2. The van der Waals surface area contributed by atoms with E-state index in [4.69, 9.17) is 11.6 Å². The lowest BCUT2D eigenvalue weighted by Crippen LogP contribution is -2.38. The molecule has 0 saturated heterocycles. The zero-order chi connectivity index (χ0) is 15.5. The van der Waals surface area contributed by atoms with Gasteiger partial charge in [-0.3, -0.25) is 0 Å². The van der Waals surface area contributed by atoms with E-state index < -0.39 is 5.41 Å². The van der Waals surface area contributed by atoms with Crippen LogP contribution in [0.25, 0.3) is 0 Å². The molecule has 0 heterocycles. The molecule has 0 spiro atoms. The van der Waals surface area contributed by atoms with Gasteiger partial charge in [-0.1, -0.05) is 35.9 Å². The predicted octanol–water partition coefficient (Wildman–Crippen LogP) is 3.25. The highest BCUT2D eigenvalue weighted by Crippen LogP contribution is 2.32. The largest absolute Gasteiger partial charge is 0.395 e. The molecule has 0 atom stereocenters. The lowest BCUT2D eigenvalue weighted by Gasteiger charge is -2.32. The van der Waals surface area contributed by atoms with Crippen molar-refractivity contribution in [3.05, 3.63) is 70.0 Å². The molecule has 0 saturated carbocycles. The Balaban J connectivity index is 2.48. The molecule has 0 aromatic heterocycles. The zero-order valence-corrected chi connectivity index (χ0v) is 12.6. The van der Waals surface area contributed by atoms with Crippen LogP contribution in [0.15, 0.2) is 42.5 Å². The molecule has 0 amide bonds. The summed E-state index contributed by atoms with van der Waals surface area (Å²) < 4.78 is 14.0. The first-order chi connectivity index (χ1) is 10.0. The fraction of sp³-hybridized carbons (Fsp3) is 0.294. The van der Waals surface area contributed by atoms with Crippen molar-refractivity contribution >= 4 is 11.6 Å². The highest BCUT2D eigenvalue weighted by molar-refractivity contribution is 6.30. The van der Waals surface area contributed by atoms with E-state index in [2.05, 4.69) is 0 Å². The lowest BCUT2D eigenvalue weighted by molar-refractivity contribution is 0.115. The lowest BCUT2D eigenvalue weighted by atomic mass is 9.75. The van der Waals surface area contributed by atoms with Crippen LogP contribution < -0.4 is 0 Å². The van der Waals surface area contributed by atoms with Crippen LogP contribution in [0.3, 0.4) is 0 Å². The van der Waals surface area contributed by atoms with Gasteiger partial charge in [0.15, 0.2) is 0 Å². The van der Waals surface area contributed by atoms with Crippen molar-refractivity contribution in [1.29, 1.82) is 0 Å². The molecule has 2 aromatic rings. The molecule has 0 aliphatic carbocycles. The number of rotatable bonds is 5. The van der Waals surface area contributed by atoms with Crippen molar-refractivity contribution < 1.29 is 14.6 Å². The minimum Gasteiger partial charge on any atom is -0.395 e. The summed E-state index contributed by atoms with van der Waals surface area (Å²) in [6.45, 7) is 1.35. The van der Waals surface area contributed by atoms with Crippen LogP contribution in [0.4, 0.5) is 4.39 Å².